The van der Waals surface area contributed by atoms with Crippen LogP contribution in [0.2, 0.25) is 0 Å². The predicted octanol–water partition coefficient (Wildman–Crippen LogP) is 1.31. The Kier molecular flexibility index (Phi) is 3.12. The van der Waals surface area contributed by atoms with Crippen molar-refractivity contribution >= 4 is 37.5 Å². The number of thiazole rings is 1. The van der Waals surface area contributed by atoms with Gasteiger partial charge in [0.25, 0.3) is 10.0 Å². The Hall–Kier alpha value is -1.51. The highest BCUT2D eigenvalue weighted by Crippen LogP contribution is 2.30. The van der Waals surface area contributed by atoms with Crippen LogP contribution in [0.25, 0.3) is 10.2 Å². The second kappa shape index (κ2) is 4.26. The third kappa shape index (κ3) is 2.46. The summed E-state index contributed by atoms with van der Waals surface area (Å²) in [6.45, 7) is 3.16. The summed E-state index contributed by atoms with van der Waals surface area (Å²) < 4.78 is 22.9. The van der Waals surface area contributed by atoms with Crippen molar-refractivity contribution in [1.82, 2.24) is 4.98 Å². The lowest BCUT2D eigenvalue weighted by Gasteiger charge is -2.19. The van der Waals surface area contributed by atoms with E-state index in [0.29, 0.717) is 15.8 Å². The van der Waals surface area contributed by atoms with E-state index in [1.54, 1.807) is 32.0 Å². The second-order valence-corrected chi connectivity index (χ2v) is 7.40. The van der Waals surface area contributed by atoms with Crippen LogP contribution in [0.5, 0.6) is 0 Å². The van der Waals surface area contributed by atoms with Gasteiger partial charge in [-0.2, -0.15) is 0 Å². The fourth-order valence-corrected chi connectivity index (χ4v) is 3.23. The molecule has 1 aromatic heterocycles. The lowest BCUT2D eigenvalue weighted by molar-refractivity contribution is -0.142. The highest BCUT2D eigenvalue weighted by atomic mass is 32.2. The molecule has 0 aliphatic carbocycles. The molecule has 8 heteroatoms. The first kappa shape index (κ1) is 13.9. The van der Waals surface area contributed by atoms with Gasteiger partial charge in [0.15, 0.2) is 0 Å². The van der Waals surface area contributed by atoms with Gasteiger partial charge in [-0.1, -0.05) is 6.07 Å². The molecular formula is C11H12N2O4S2. The lowest BCUT2D eigenvalue weighted by Crippen LogP contribution is -2.28. The number of sulfonamides is 1. The third-order valence-corrected chi connectivity index (χ3v) is 5.21. The number of fused-ring (bicyclic) bond motifs is 1. The monoisotopic (exact) mass is 300 g/mol. The van der Waals surface area contributed by atoms with Crippen molar-refractivity contribution in [3.8, 4) is 0 Å². The molecule has 0 bridgehead atoms. The van der Waals surface area contributed by atoms with Crippen molar-refractivity contribution < 1.29 is 18.3 Å². The van der Waals surface area contributed by atoms with Crippen LogP contribution in [0.1, 0.15) is 19.4 Å². The minimum Gasteiger partial charge on any atom is -0.481 e. The first-order valence-corrected chi connectivity index (χ1v) is 7.66. The first-order valence-electron chi connectivity index (χ1n) is 5.29. The van der Waals surface area contributed by atoms with E-state index in [-0.39, 0.29) is 4.34 Å². The van der Waals surface area contributed by atoms with Crippen molar-refractivity contribution in [2.24, 2.45) is 5.14 Å². The number of nitrogens with two attached hydrogens (primary N) is 1. The minimum atomic E-state index is -3.84. The van der Waals surface area contributed by atoms with E-state index >= 15 is 0 Å². The SMILES string of the molecule is CC(C)(C(=O)O)c1ccc2nc(S(N)(=O)=O)sc2c1. The number of primary sulfonamides is 1. The average Bonchev–Trinajstić information content (AvgIpc) is 2.70. The van der Waals surface area contributed by atoms with E-state index in [1.165, 1.54) is 0 Å². The fraction of sp³-hybridized carbons (Fsp3) is 0.273. The molecule has 0 aliphatic heterocycles. The van der Waals surface area contributed by atoms with Crippen LogP contribution < -0.4 is 5.14 Å². The number of carboxylic acid groups (broad SMARTS) is 1. The van der Waals surface area contributed by atoms with Crippen LogP contribution in [0.3, 0.4) is 0 Å². The van der Waals surface area contributed by atoms with Gasteiger partial charge in [-0.3, -0.25) is 4.79 Å². The quantitative estimate of drug-likeness (QED) is 0.887. The topological polar surface area (TPSA) is 110 Å². The summed E-state index contributed by atoms with van der Waals surface area (Å²) in [4.78, 5) is 15.1. The maximum atomic E-state index is 11.2. The number of aliphatic carboxylic acids is 1. The zero-order valence-electron chi connectivity index (χ0n) is 10.2. The molecule has 102 valence electrons. The number of benzene rings is 1. The number of nitrogens with zero attached hydrogens (tertiary/aromatic N) is 1. The van der Waals surface area contributed by atoms with Crippen LogP contribution in [-0.2, 0) is 20.2 Å². The molecule has 0 saturated carbocycles. The zero-order valence-corrected chi connectivity index (χ0v) is 11.9. The Labute approximate surface area is 113 Å². The van der Waals surface area contributed by atoms with Crippen LogP contribution in [0.15, 0.2) is 22.5 Å². The standard InChI is InChI=1S/C11H12N2O4S2/c1-11(2,9(14)15)6-3-4-7-8(5-6)18-10(13-7)19(12,16)17/h3-5H,1-2H3,(H,14,15)(H2,12,16,17). The average molecular weight is 300 g/mol. The number of hydrogen-bond donors (Lipinski definition) is 2. The highest BCUT2D eigenvalue weighted by Gasteiger charge is 2.30. The molecule has 0 atom stereocenters. The molecule has 0 saturated heterocycles. The Balaban J connectivity index is 2.62. The summed E-state index contributed by atoms with van der Waals surface area (Å²) in [5.41, 5.74) is 0.0102. The van der Waals surface area contributed by atoms with Gasteiger partial charge in [0.05, 0.1) is 15.6 Å². The largest absolute Gasteiger partial charge is 0.481 e. The van der Waals surface area contributed by atoms with Crippen LogP contribution in [-0.4, -0.2) is 24.5 Å². The van der Waals surface area contributed by atoms with E-state index in [1.807, 2.05) is 0 Å². The minimum absolute atomic E-state index is 0.173. The lowest BCUT2D eigenvalue weighted by atomic mass is 9.85. The van der Waals surface area contributed by atoms with E-state index < -0.39 is 21.4 Å². The molecule has 0 radical (unpaired) electrons. The number of carboxylic acids is 1. The Bertz CT molecular complexity index is 762. The normalized spacial score (nSPS) is 12.8. The van der Waals surface area contributed by atoms with Gasteiger partial charge in [-0.25, -0.2) is 18.5 Å². The molecule has 0 spiro atoms. The maximum absolute atomic E-state index is 11.2. The molecule has 1 heterocycles. The van der Waals surface area contributed by atoms with Crippen molar-refractivity contribution in [3.63, 3.8) is 0 Å². The van der Waals surface area contributed by atoms with Crippen LogP contribution >= 0.6 is 11.3 Å². The summed E-state index contributed by atoms with van der Waals surface area (Å²) in [5, 5.41) is 14.2. The molecule has 0 unspecified atom stereocenters. The highest BCUT2D eigenvalue weighted by molar-refractivity contribution is 7.91. The zero-order chi connectivity index (χ0) is 14.4. The van der Waals surface area contributed by atoms with E-state index in [0.717, 1.165) is 11.3 Å². The van der Waals surface area contributed by atoms with Gasteiger partial charge >= 0.3 is 5.97 Å². The van der Waals surface area contributed by atoms with Gasteiger partial charge in [0, 0.05) is 0 Å². The first-order chi connectivity index (χ1) is 8.62. The third-order valence-electron chi connectivity index (χ3n) is 2.87. The molecule has 3 N–H and O–H groups in total. The summed E-state index contributed by atoms with van der Waals surface area (Å²) in [6.07, 6.45) is 0. The molecule has 0 aliphatic rings. The predicted molar refractivity (Wildman–Crippen MR) is 71.7 cm³/mol. The van der Waals surface area contributed by atoms with Crippen LogP contribution in [0.4, 0.5) is 0 Å². The molecular weight excluding hydrogens is 288 g/mol. The summed E-state index contributed by atoms with van der Waals surface area (Å²) >= 11 is 0.929. The molecule has 2 aromatic rings. The summed E-state index contributed by atoms with van der Waals surface area (Å²) in [6, 6.07) is 4.86. The van der Waals surface area contributed by atoms with Crippen molar-refractivity contribution in [1.29, 1.82) is 0 Å². The molecule has 6 nitrogen and oxygen atoms in total. The smallest absolute Gasteiger partial charge is 0.313 e. The van der Waals surface area contributed by atoms with Gasteiger partial charge in [0.1, 0.15) is 0 Å². The number of rotatable bonds is 3. The van der Waals surface area contributed by atoms with E-state index in [9.17, 15) is 18.3 Å². The number of carbonyl (C=O) groups is 1. The molecule has 19 heavy (non-hydrogen) atoms. The van der Waals surface area contributed by atoms with E-state index in [4.69, 9.17) is 5.14 Å². The van der Waals surface area contributed by atoms with Crippen LogP contribution in [0, 0.1) is 0 Å². The Morgan fingerprint density at radius 2 is 2.05 bits per heavy atom. The van der Waals surface area contributed by atoms with Gasteiger partial charge < -0.3 is 5.11 Å². The Morgan fingerprint density at radius 1 is 1.42 bits per heavy atom. The molecule has 0 fully saturated rings. The second-order valence-electron chi connectivity index (χ2n) is 4.64. The molecule has 2 rings (SSSR count). The Morgan fingerprint density at radius 3 is 2.58 bits per heavy atom. The maximum Gasteiger partial charge on any atom is 0.313 e. The van der Waals surface area contributed by atoms with Gasteiger partial charge in [0.2, 0.25) is 4.34 Å². The summed E-state index contributed by atoms with van der Waals surface area (Å²) in [5.74, 6) is -0.956. The molecule has 1 aromatic carbocycles. The van der Waals surface area contributed by atoms with Crippen molar-refractivity contribution in [2.45, 2.75) is 23.6 Å². The van der Waals surface area contributed by atoms with Crippen molar-refractivity contribution in [2.75, 3.05) is 0 Å². The fourth-order valence-electron chi connectivity index (χ4n) is 1.54. The summed E-state index contributed by atoms with van der Waals surface area (Å²) in [7, 11) is -3.84. The molecule has 0 amide bonds. The van der Waals surface area contributed by atoms with Gasteiger partial charge in [-0.15, -0.1) is 11.3 Å². The van der Waals surface area contributed by atoms with Gasteiger partial charge in [-0.05, 0) is 31.5 Å². The van der Waals surface area contributed by atoms with E-state index in [2.05, 4.69) is 4.98 Å². The number of aromatic nitrogens is 1. The van der Waals surface area contributed by atoms with Crippen molar-refractivity contribution in [3.05, 3.63) is 23.8 Å². The number of hydrogen-bond acceptors (Lipinski definition) is 5.